The van der Waals surface area contributed by atoms with Crippen molar-refractivity contribution in [2.75, 3.05) is 0 Å². The number of carbonyl (C=O) groups is 1. The molecule has 3 nitrogen and oxygen atoms in total. The Morgan fingerprint density at radius 3 is 2.00 bits per heavy atom. The van der Waals surface area contributed by atoms with Gasteiger partial charge in [-0.2, -0.15) is 0 Å². The highest BCUT2D eigenvalue weighted by atomic mass is 32.2. The molecule has 0 saturated carbocycles. The maximum Gasteiger partial charge on any atom is 0.244 e. The molecule has 3 aromatic rings. The Balaban J connectivity index is 1.64. The first-order valence-electron chi connectivity index (χ1n) is 10.4. The zero-order valence-corrected chi connectivity index (χ0v) is 19.8. The largest absolute Gasteiger partial charge is 0.273 e. The van der Waals surface area contributed by atoms with Crippen LogP contribution in [0.3, 0.4) is 0 Å². The summed E-state index contributed by atoms with van der Waals surface area (Å²) in [7, 11) is 0. The van der Waals surface area contributed by atoms with Crippen molar-refractivity contribution >= 4 is 29.4 Å². The molecule has 0 aliphatic carbocycles. The molecule has 0 aromatic heterocycles. The van der Waals surface area contributed by atoms with Crippen molar-refractivity contribution < 1.29 is 9.63 Å². The quantitative estimate of drug-likeness (QED) is 0.287. The molecule has 5 heteroatoms. The van der Waals surface area contributed by atoms with Crippen molar-refractivity contribution in [1.29, 1.82) is 0 Å². The van der Waals surface area contributed by atoms with E-state index in [1.54, 1.807) is 23.5 Å². The number of nitrogens with one attached hydrogen (secondary N) is 1. The highest BCUT2D eigenvalue weighted by molar-refractivity contribution is 8.00. The summed E-state index contributed by atoms with van der Waals surface area (Å²) in [5.41, 5.74) is 3.42. The van der Waals surface area contributed by atoms with Gasteiger partial charge in [-0.25, -0.2) is 5.48 Å². The molecule has 0 heterocycles. The van der Waals surface area contributed by atoms with Gasteiger partial charge in [-0.15, -0.1) is 11.8 Å². The van der Waals surface area contributed by atoms with E-state index in [0.29, 0.717) is 6.42 Å². The Morgan fingerprint density at radius 1 is 0.839 bits per heavy atom. The van der Waals surface area contributed by atoms with E-state index in [1.807, 2.05) is 45.0 Å². The van der Waals surface area contributed by atoms with E-state index >= 15 is 0 Å². The van der Waals surface area contributed by atoms with Crippen LogP contribution in [0.1, 0.15) is 32.8 Å². The topological polar surface area (TPSA) is 38.3 Å². The van der Waals surface area contributed by atoms with Crippen LogP contribution in [0.15, 0.2) is 99.6 Å². The number of benzene rings is 3. The van der Waals surface area contributed by atoms with Gasteiger partial charge < -0.3 is 0 Å². The molecule has 0 bridgehead atoms. The van der Waals surface area contributed by atoms with E-state index in [2.05, 4.69) is 66.1 Å². The lowest BCUT2D eigenvalue weighted by Gasteiger charge is -2.21. The number of hydrogen-bond donors (Lipinski definition) is 1. The van der Waals surface area contributed by atoms with Gasteiger partial charge in [0.1, 0.15) is 0 Å². The van der Waals surface area contributed by atoms with Crippen LogP contribution in [-0.2, 0) is 16.1 Å². The zero-order chi connectivity index (χ0) is 22.1. The second-order valence-corrected chi connectivity index (χ2v) is 10.8. The van der Waals surface area contributed by atoms with Crippen LogP contribution in [-0.4, -0.2) is 16.8 Å². The summed E-state index contributed by atoms with van der Waals surface area (Å²) in [6.07, 6.45) is 1.20. The van der Waals surface area contributed by atoms with Gasteiger partial charge in [0.05, 0.1) is 5.60 Å². The van der Waals surface area contributed by atoms with E-state index in [9.17, 15) is 4.79 Å². The van der Waals surface area contributed by atoms with Crippen LogP contribution in [0.5, 0.6) is 0 Å². The van der Waals surface area contributed by atoms with Crippen LogP contribution in [0.4, 0.5) is 0 Å². The molecule has 0 fully saturated rings. The predicted molar refractivity (Wildman–Crippen MR) is 130 cm³/mol. The van der Waals surface area contributed by atoms with E-state index in [-0.39, 0.29) is 11.2 Å². The number of hydroxylamine groups is 1. The second-order valence-electron chi connectivity index (χ2n) is 8.26. The molecule has 1 N–H and O–H groups in total. The van der Waals surface area contributed by atoms with E-state index in [1.165, 1.54) is 15.4 Å². The fourth-order valence-electron chi connectivity index (χ4n) is 2.89. The minimum Gasteiger partial charge on any atom is -0.273 e. The molecule has 0 aliphatic rings. The Labute approximate surface area is 193 Å². The maximum absolute atomic E-state index is 12.5. The van der Waals surface area contributed by atoms with Gasteiger partial charge >= 0.3 is 0 Å². The van der Waals surface area contributed by atoms with Crippen LogP contribution in [0.2, 0.25) is 0 Å². The molecule has 0 aliphatic heterocycles. The molecule has 1 unspecified atom stereocenters. The summed E-state index contributed by atoms with van der Waals surface area (Å²) < 4.78 is 0. The van der Waals surface area contributed by atoms with Crippen molar-refractivity contribution in [3.8, 4) is 0 Å². The molecule has 1 amide bonds. The maximum atomic E-state index is 12.5. The van der Waals surface area contributed by atoms with E-state index in [0.717, 1.165) is 11.3 Å². The van der Waals surface area contributed by atoms with Crippen molar-refractivity contribution in [3.05, 3.63) is 90.5 Å². The Kier molecular flexibility index (Phi) is 8.64. The number of carbonyl (C=O) groups excluding carboxylic acids is 1. The van der Waals surface area contributed by atoms with Crippen molar-refractivity contribution in [2.24, 2.45) is 0 Å². The third kappa shape index (κ3) is 8.82. The molecule has 1 atom stereocenters. The van der Waals surface area contributed by atoms with E-state index < -0.39 is 5.60 Å². The molecule has 31 heavy (non-hydrogen) atoms. The zero-order valence-electron chi connectivity index (χ0n) is 18.2. The molecule has 0 spiro atoms. The summed E-state index contributed by atoms with van der Waals surface area (Å²) in [6.45, 7) is 5.75. The summed E-state index contributed by atoms with van der Waals surface area (Å²) in [5, 5.41) is 0.110. The van der Waals surface area contributed by atoms with Crippen LogP contribution in [0, 0.1) is 0 Å². The fraction of sp³-hybridized carbons (Fsp3) is 0.269. The normalized spacial score (nSPS) is 12.4. The van der Waals surface area contributed by atoms with Crippen LogP contribution < -0.4 is 5.48 Å². The summed E-state index contributed by atoms with van der Waals surface area (Å²) in [6, 6.07) is 29.2. The number of amides is 1. The standard InChI is InChI=1S/C26H29NO2S2/c1-26(2,3)29-27-25(28)19-24(18-20-10-6-4-7-11-20)31-23-16-14-22(15-17-23)30-21-12-8-5-9-13-21/h4-17,24H,18-19H2,1-3H3,(H,27,28). The highest BCUT2D eigenvalue weighted by Crippen LogP contribution is 2.32. The molecular weight excluding hydrogens is 422 g/mol. The number of thioether (sulfide) groups is 1. The lowest BCUT2D eigenvalue weighted by Crippen LogP contribution is -2.35. The minimum atomic E-state index is -0.413. The Morgan fingerprint density at radius 2 is 1.39 bits per heavy atom. The SMILES string of the molecule is CC(C)(C)ONC(=O)CC(Cc1ccccc1)Sc1ccc(Sc2ccccc2)cc1. The van der Waals surface area contributed by atoms with Crippen molar-refractivity contribution in [2.45, 2.75) is 59.2 Å². The minimum absolute atomic E-state index is 0.0976. The average Bonchev–Trinajstić information content (AvgIpc) is 2.75. The van der Waals surface area contributed by atoms with Gasteiger partial charge in [0.2, 0.25) is 5.91 Å². The van der Waals surface area contributed by atoms with Gasteiger partial charge in [0, 0.05) is 26.4 Å². The first kappa shape index (κ1) is 23.5. The molecule has 3 aromatic carbocycles. The average molecular weight is 452 g/mol. The summed E-state index contributed by atoms with van der Waals surface area (Å²) in [5.74, 6) is -0.0976. The molecule has 162 valence electrons. The fourth-order valence-corrected chi connectivity index (χ4v) is 4.92. The third-order valence-corrected chi connectivity index (χ3v) is 6.52. The summed E-state index contributed by atoms with van der Waals surface area (Å²) in [4.78, 5) is 21.5. The predicted octanol–water partition coefficient (Wildman–Crippen LogP) is 6.78. The van der Waals surface area contributed by atoms with Gasteiger partial charge in [-0.05, 0) is 69.2 Å². The molecule has 3 rings (SSSR count). The van der Waals surface area contributed by atoms with Gasteiger partial charge in [-0.3, -0.25) is 9.63 Å². The lowest BCUT2D eigenvalue weighted by molar-refractivity contribution is -0.145. The van der Waals surface area contributed by atoms with Gasteiger partial charge in [0.15, 0.2) is 0 Å². The second kappa shape index (κ2) is 11.4. The van der Waals surface area contributed by atoms with Crippen molar-refractivity contribution in [1.82, 2.24) is 5.48 Å². The molecule has 0 saturated heterocycles. The Hall–Kier alpha value is -2.21. The van der Waals surface area contributed by atoms with Crippen LogP contribution in [0.25, 0.3) is 0 Å². The third-order valence-electron chi connectivity index (χ3n) is 4.30. The Bertz CT molecular complexity index is 939. The van der Waals surface area contributed by atoms with Gasteiger partial charge in [0.25, 0.3) is 0 Å². The van der Waals surface area contributed by atoms with Crippen molar-refractivity contribution in [3.63, 3.8) is 0 Å². The van der Waals surface area contributed by atoms with Crippen LogP contribution >= 0.6 is 23.5 Å². The molecule has 0 radical (unpaired) electrons. The lowest BCUT2D eigenvalue weighted by atomic mass is 10.1. The number of rotatable bonds is 9. The number of hydrogen-bond acceptors (Lipinski definition) is 4. The first-order chi connectivity index (χ1) is 14.9. The highest BCUT2D eigenvalue weighted by Gasteiger charge is 2.19. The molecular formula is C26H29NO2S2. The first-order valence-corrected chi connectivity index (χ1v) is 12.1. The smallest absolute Gasteiger partial charge is 0.244 e. The summed E-state index contributed by atoms with van der Waals surface area (Å²) >= 11 is 3.48. The van der Waals surface area contributed by atoms with E-state index in [4.69, 9.17) is 4.84 Å². The van der Waals surface area contributed by atoms with Gasteiger partial charge in [-0.1, -0.05) is 60.3 Å². The monoisotopic (exact) mass is 451 g/mol.